The molecule has 0 radical (unpaired) electrons. The maximum Gasteiger partial charge on any atom is 0.123 e. The van der Waals surface area contributed by atoms with Crippen molar-refractivity contribution in [2.75, 3.05) is 44.3 Å². The fraction of sp³-hybridized carbons (Fsp3) is 0.379. The lowest BCUT2D eigenvalue weighted by Gasteiger charge is -2.42. The lowest BCUT2D eigenvalue weighted by molar-refractivity contribution is 0.102. The van der Waals surface area contributed by atoms with Gasteiger partial charge < -0.3 is 19.8 Å². The molecule has 0 saturated carbocycles. The van der Waals surface area contributed by atoms with E-state index in [4.69, 9.17) is 21.4 Å². The summed E-state index contributed by atoms with van der Waals surface area (Å²) in [6, 6.07) is 19.7. The fourth-order valence-corrected chi connectivity index (χ4v) is 4.26. The van der Waals surface area contributed by atoms with Crippen molar-refractivity contribution < 1.29 is 23.7 Å². The van der Waals surface area contributed by atoms with E-state index >= 15 is 0 Å². The van der Waals surface area contributed by atoms with Crippen molar-refractivity contribution in [3.8, 4) is 5.75 Å². The van der Waals surface area contributed by atoms with E-state index in [1.165, 1.54) is 24.3 Å². The van der Waals surface area contributed by atoms with Crippen molar-refractivity contribution >= 4 is 17.3 Å². The van der Waals surface area contributed by atoms with E-state index in [2.05, 4.69) is 16.7 Å². The molecule has 2 unspecified atom stereocenters. The number of halogens is 3. The van der Waals surface area contributed by atoms with Crippen molar-refractivity contribution in [2.24, 2.45) is 0 Å². The van der Waals surface area contributed by atoms with Crippen molar-refractivity contribution in [2.45, 2.75) is 32.9 Å². The molecule has 5 nitrogen and oxygen atoms in total. The van der Waals surface area contributed by atoms with Crippen LogP contribution in [0.2, 0.25) is 5.02 Å². The number of anilines is 1. The molecule has 2 atom stereocenters. The van der Waals surface area contributed by atoms with Gasteiger partial charge in [0.1, 0.15) is 24.0 Å². The number of hydrogen-bond donors (Lipinski definition) is 2. The quantitative estimate of drug-likeness (QED) is 0.392. The molecule has 1 saturated heterocycles. The summed E-state index contributed by atoms with van der Waals surface area (Å²) in [5.74, 6) is 0.154. The van der Waals surface area contributed by atoms with Gasteiger partial charge in [0.2, 0.25) is 0 Å². The van der Waals surface area contributed by atoms with Gasteiger partial charge in [0, 0.05) is 38.3 Å². The fourth-order valence-electron chi connectivity index (χ4n) is 3.98. The van der Waals surface area contributed by atoms with Crippen LogP contribution >= 0.6 is 11.6 Å². The number of aliphatic hydroxyl groups is 2. The highest BCUT2D eigenvalue weighted by Gasteiger charge is 2.26. The molecule has 202 valence electrons. The van der Waals surface area contributed by atoms with Crippen molar-refractivity contribution in [1.29, 1.82) is 0 Å². The van der Waals surface area contributed by atoms with Gasteiger partial charge in [0.25, 0.3) is 0 Å². The number of hydrogen-bond acceptors (Lipinski definition) is 5. The van der Waals surface area contributed by atoms with E-state index in [1.807, 2.05) is 26.0 Å². The van der Waals surface area contributed by atoms with Crippen molar-refractivity contribution in [1.82, 2.24) is 4.90 Å². The third-order valence-corrected chi connectivity index (χ3v) is 6.02. The first-order valence-electron chi connectivity index (χ1n) is 12.5. The van der Waals surface area contributed by atoms with Crippen molar-refractivity contribution in [3.05, 3.63) is 95.0 Å². The topological polar surface area (TPSA) is 56.2 Å². The molecule has 3 aromatic rings. The van der Waals surface area contributed by atoms with Gasteiger partial charge in [-0.25, -0.2) is 8.78 Å². The summed E-state index contributed by atoms with van der Waals surface area (Å²) in [4.78, 5) is 4.46. The Bertz CT molecular complexity index is 1040. The second-order valence-corrected chi connectivity index (χ2v) is 8.76. The summed E-state index contributed by atoms with van der Waals surface area (Å²) in [6.45, 7) is 9.20. The maximum atomic E-state index is 13.1. The Labute approximate surface area is 223 Å². The molecule has 1 heterocycles. The van der Waals surface area contributed by atoms with Crippen LogP contribution in [0.5, 0.6) is 5.75 Å². The molecule has 0 aliphatic carbocycles. The SMILES string of the molecule is CC.CC1CN(CC(O)c2ccc(F)cc2)CCN1c1ccc(OCCO)cc1Cl.Fc1ccccc1. The van der Waals surface area contributed by atoms with E-state index in [0.717, 1.165) is 30.9 Å². The number of nitrogens with zero attached hydrogens (tertiary/aromatic N) is 2. The Balaban J connectivity index is 0.000000455. The smallest absolute Gasteiger partial charge is 0.123 e. The largest absolute Gasteiger partial charge is 0.491 e. The zero-order chi connectivity index (χ0) is 27.2. The summed E-state index contributed by atoms with van der Waals surface area (Å²) < 4.78 is 30.4. The number of benzene rings is 3. The zero-order valence-corrected chi connectivity index (χ0v) is 22.4. The van der Waals surface area contributed by atoms with Crippen LogP contribution in [-0.2, 0) is 0 Å². The third kappa shape index (κ3) is 9.93. The van der Waals surface area contributed by atoms with Crippen molar-refractivity contribution in [3.63, 3.8) is 0 Å². The Morgan fingerprint density at radius 3 is 2.16 bits per heavy atom. The van der Waals surface area contributed by atoms with Crippen LogP contribution in [0.4, 0.5) is 14.5 Å². The van der Waals surface area contributed by atoms with Crippen LogP contribution in [0.15, 0.2) is 72.8 Å². The summed E-state index contributed by atoms with van der Waals surface area (Å²) in [6.07, 6.45) is -0.647. The first-order chi connectivity index (χ1) is 17.9. The minimum Gasteiger partial charge on any atom is -0.491 e. The van der Waals surface area contributed by atoms with E-state index in [-0.39, 0.29) is 30.9 Å². The molecule has 3 aromatic carbocycles. The molecule has 8 heteroatoms. The van der Waals surface area contributed by atoms with Crippen LogP contribution in [0, 0.1) is 11.6 Å². The molecule has 1 aliphatic heterocycles. The molecule has 37 heavy (non-hydrogen) atoms. The van der Waals surface area contributed by atoms with Crippen LogP contribution in [-0.4, -0.2) is 60.5 Å². The van der Waals surface area contributed by atoms with E-state index < -0.39 is 6.10 Å². The molecule has 0 aromatic heterocycles. The molecule has 4 rings (SSSR count). The van der Waals surface area contributed by atoms with Crippen LogP contribution in [0.1, 0.15) is 32.4 Å². The average molecular weight is 535 g/mol. The minimum atomic E-state index is -0.647. The second kappa shape index (κ2) is 16.2. The van der Waals surface area contributed by atoms with Gasteiger partial charge in [-0.3, -0.25) is 4.90 Å². The molecule has 0 amide bonds. The molecule has 1 fully saturated rings. The first-order valence-corrected chi connectivity index (χ1v) is 12.9. The molecule has 2 N–H and O–H groups in total. The summed E-state index contributed by atoms with van der Waals surface area (Å²) in [7, 11) is 0. The average Bonchev–Trinajstić information content (AvgIpc) is 2.90. The zero-order valence-electron chi connectivity index (χ0n) is 21.7. The number of β-amino-alcohol motifs (C(OH)–C–C–N with tert-alkyl or cyclic N) is 1. The Morgan fingerprint density at radius 1 is 0.973 bits per heavy atom. The van der Waals surface area contributed by atoms with Gasteiger partial charge in [-0.15, -0.1) is 0 Å². The predicted octanol–water partition coefficient (Wildman–Crippen LogP) is 5.95. The monoisotopic (exact) mass is 534 g/mol. The van der Waals surface area contributed by atoms with E-state index in [1.54, 1.807) is 36.4 Å². The van der Waals surface area contributed by atoms with Gasteiger partial charge in [0.15, 0.2) is 0 Å². The normalized spacial score (nSPS) is 16.1. The van der Waals surface area contributed by atoms with Crippen LogP contribution in [0.25, 0.3) is 0 Å². The highest BCUT2D eigenvalue weighted by atomic mass is 35.5. The lowest BCUT2D eigenvalue weighted by Crippen LogP contribution is -2.52. The Hall–Kier alpha value is -2.71. The van der Waals surface area contributed by atoms with Crippen LogP contribution in [0.3, 0.4) is 0 Å². The Kier molecular flexibility index (Phi) is 13.4. The van der Waals surface area contributed by atoms with Gasteiger partial charge in [0.05, 0.1) is 23.4 Å². The number of aliphatic hydroxyl groups excluding tert-OH is 2. The standard InChI is InChI=1S/C21H26ClFN2O3.C6H5F.C2H6/c1-15-13-24(14-21(27)16-2-4-17(23)5-3-16)8-9-25(15)20-7-6-18(12-19(20)22)28-11-10-26;7-6-4-2-1-3-5-6;1-2/h2-7,12,15,21,26-27H,8-11,13-14H2,1H3;1-5H;1-2H3. The molecule has 0 spiro atoms. The number of rotatable bonds is 7. The van der Waals surface area contributed by atoms with Crippen LogP contribution < -0.4 is 9.64 Å². The highest BCUT2D eigenvalue weighted by Crippen LogP contribution is 2.32. The Morgan fingerprint density at radius 2 is 1.62 bits per heavy atom. The molecule has 1 aliphatic rings. The summed E-state index contributed by atoms with van der Waals surface area (Å²) in [5.41, 5.74) is 1.67. The molecular weight excluding hydrogens is 498 g/mol. The summed E-state index contributed by atoms with van der Waals surface area (Å²) in [5, 5.41) is 19.9. The summed E-state index contributed by atoms with van der Waals surface area (Å²) >= 11 is 6.45. The molecule has 0 bridgehead atoms. The van der Waals surface area contributed by atoms with Gasteiger partial charge in [-0.1, -0.05) is 55.8 Å². The third-order valence-electron chi connectivity index (χ3n) is 5.72. The molecular formula is C29H37ClF2N2O3. The number of ether oxygens (including phenoxy) is 1. The maximum absolute atomic E-state index is 13.1. The minimum absolute atomic E-state index is 0.0395. The first kappa shape index (κ1) is 30.5. The van der Waals surface area contributed by atoms with E-state index in [0.29, 0.717) is 17.3 Å². The second-order valence-electron chi connectivity index (χ2n) is 8.35. The van der Waals surface area contributed by atoms with Gasteiger partial charge in [-0.2, -0.15) is 0 Å². The number of piperazine rings is 1. The lowest BCUT2D eigenvalue weighted by atomic mass is 10.1. The van der Waals surface area contributed by atoms with E-state index in [9.17, 15) is 13.9 Å². The highest BCUT2D eigenvalue weighted by molar-refractivity contribution is 6.33. The predicted molar refractivity (Wildman–Crippen MR) is 146 cm³/mol. The van der Waals surface area contributed by atoms with Gasteiger partial charge >= 0.3 is 0 Å². The van der Waals surface area contributed by atoms with Gasteiger partial charge in [-0.05, 0) is 48.9 Å².